The molecule has 0 heterocycles. The van der Waals surface area contributed by atoms with Gasteiger partial charge >= 0.3 is 0 Å². The highest BCUT2D eigenvalue weighted by molar-refractivity contribution is 6.30. The van der Waals surface area contributed by atoms with Crippen LogP contribution in [0.2, 0.25) is 5.02 Å². The van der Waals surface area contributed by atoms with Crippen LogP contribution in [0.1, 0.15) is 5.56 Å². The first-order valence-corrected chi connectivity index (χ1v) is 6.69. The molecule has 3 nitrogen and oxygen atoms in total. The third-order valence-electron chi connectivity index (χ3n) is 2.94. The summed E-state index contributed by atoms with van der Waals surface area (Å²) in [5.41, 5.74) is 1.10. The summed E-state index contributed by atoms with van der Waals surface area (Å²) in [4.78, 5) is 11.7. The van der Waals surface area contributed by atoms with Gasteiger partial charge in [0.15, 0.2) is 17.5 Å². The average molecular weight is 329 g/mol. The first-order chi connectivity index (χ1) is 10.4. The van der Waals surface area contributed by atoms with E-state index in [-0.39, 0.29) is 6.54 Å². The van der Waals surface area contributed by atoms with Gasteiger partial charge in [0.1, 0.15) is 0 Å². The minimum atomic E-state index is -1.63. The zero-order valence-electron chi connectivity index (χ0n) is 11.5. The first kappa shape index (κ1) is 16.2. The molecule has 116 valence electrons. The predicted octanol–water partition coefficient (Wildman–Crippen LogP) is 4.12. The maximum absolute atomic E-state index is 13.4. The Bertz CT molecular complexity index is 722. The van der Waals surface area contributed by atoms with Gasteiger partial charge in [-0.1, -0.05) is 11.6 Å². The number of hydrogen-bond acceptors (Lipinski definition) is 2. The molecule has 0 aliphatic rings. The highest BCUT2D eigenvalue weighted by Crippen LogP contribution is 2.21. The normalized spacial score (nSPS) is 10.4. The zero-order chi connectivity index (χ0) is 16.3. The van der Waals surface area contributed by atoms with Crippen LogP contribution in [-0.2, 0) is 4.79 Å². The summed E-state index contributed by atoms with van der Waals surface area (Å²) < 4.78 is 39.3. The summed E-state index contributed by atoms with van der Waals surface area (Å²) in [7, 11) is 0. The van der Waals surface area contributed by atoms with Gasteiger partial charge in [0.2, 0.25) is 5.91 Å². The maximum Gasteiger partial charge on any atom is 0.243 e. The second-order valence-corrected chi connectivity index (χ2v) is 5.02. The van der Waals surface area contributed by atoms with Crippen molar-refractivity contribution >= 4 is 28.9 Å². The molecule has 0 saturated carbocycles. The molecule has 0 fully saturated rings. The van der Waals surface area contributed by atoms with Crippen molar-refractivity contribution in [2.75, 3.05) is 17.2 Å². The van der Waals surface area contributed by atoms with Gasteiger partial charge < -0.3 is 10.6 Å². The Hall–Kier alpha value is -2.21. The van der Waals surface area contributed by atoms with Crippen LogP contribution in [0.3, 0.4) is 0 Å². The SMILES string of the molecule is Cc1cc(Cl)ccc1NCC(=O)Nc1ccc(F)c(F)c1F. The van der Waals surface area contributed by atoms with Crippen LogP contribution >= 0.6 is 11.6 Å². The van der Waals surface area contributed by atoms with E-state index < -0.39 is 29.0 Å². The lowest BCUT2D eigenvalue weighted by atomic mass is 10.2. The summed E-state index contributed by atoms with van der Waals surface area (Å²) >= 11 is 5.82. The van der Waals surface area contributed by atoms with E-state index in [0.29, 0.717) is 10.7 Å². The Morgan fingerprint density at radius 3 is 2.45 bits per heavy atom. The average Bonchev–Trinajstić information content (AvgIpc) is 2.47. The molecule has 0 spiro atoms. The Kier molecular flexibility index (Phi) is 4.92. The fraction of sp³-hybridized carbons (Fsp3) is 0.133. The number of nitrogens with one attached hydrogen (secondary N) is 2. The predicted molar refractivity (Wildman–Crippen MR) is 79.6 cm³/mol. The lowest BCUT2D eigenvalue weighted by molar-refractivity contribution is -0.114. The summed E-state index contributed by atoms with van der Waals surface area (Å²) in [6.45, 7) is 1.64. The number of hydrogen-bond donors (Lipinski definition) is 2. The van der Waals surface area contributed by atoms with E-state index in [1.165, 1.54) is 0 Å². The molecule has 0 bridgehead atoms. The van der Waals surface area contributed by atoms with Gasteiger partial charge in [0, 0.05) is 10.7 Å². The quantitative estimate of drug-likeness (QED) is 0.829. The van der Waals surface area contributed by atoms with Crippen molar-refractivity contribution in [3.63, 3.8) is 0 Å². The van der Waals surface area contributed by atoms with Crippen molar-refractivity contribution in [2.45, 2.75) is 6.92 Å². The molecule has 22 heavy (non-hydrogen) atoms. The molecule has 1 amide bonds. The molecule has 0 saturated heterocycles. The number of amides is 1. The highest BCUT2D eigenvalue weighted by Gasteiger charge is 2.15. The van der Waals surface area contributed by atoms with Crippen molar-refractivity contribution in [3.05, 3.63) is 58.4 Å². The summed E-state index contributed by atoms with van der Waals surface area (Å²) in [5.74, 6) is -4.97. The van der Waals surface area contributed by atoms with E-state index in [1.807, 2.05) is 0 Å². The van der Waals surface area contributed by atoms with Gasteiger partial charge in [-0.3, -0.25) is 4.79 Å². The summed E-state index contributed by atoms with van der Waals surface area (Å²) in [5, 5.41) is 5.58. The standard InChI is InChI=1S/C15H12ClF3N2O/c1-8-6-9(16)2-4-11(8)20-7-13(22)21-12-5-3-10(17)14(18)15(12)19/h2-6,20H,7H2,1H3,(H,21,22). The molecule has 2 aromatic carbocycles. The van der Waals surface area contributed by atoms with E-state index in [9.17, 15) is 18.0 Å². The van der Waals surface area contributed by atoms with Crippen LogP contribution in [0.5, 0.6) is 0 Å². The van der Waals surface area contributed by atoms with Crippen LogP contribution in [0.4, 0.5) is 24.5 Å². The number of aryl methyl sites for hydroxylation is 1. The second kappa shape index (κ2) is 6.70. The lowest BCUT2D eigenvalue weighted by Gasteiger charge is -2.11. The van der Waals surface area contributed by atoms with Crippen molar-refractivity contribution in [1.29, 1.82) is 0 Å². The number of halogens is 4. The maximum atomic E-state index is 13.4. The molecule has 0 aliphatic carbocycles. The third kappa shape index (κ3) is 3.71. The van der Waals surface area contributed by atoms with Gasteiger partial charge in [-0.15, -0.1) is 0 Å². The van der Waals surface area contributed by atoms with Gasteiger partial charge in [-0.2, -0.15) is 0 Å². The minimum Gasteiger partial charge on any atom is -0.376 e. The number of anilines is 2. The van der Waals surface area contributed by atoms with Crippen molar-refractivity contribution in [3.8, 4) is 0 Å². The summed E-state index contributed by atoms with van der Waals surface area (Å²) in [6.07, 6.45) is 0. The van der Waals surface area contributed by atoms with Crippen molar-refractivity contribution in [1.82, 2.24) is 0 Å². The van der Waals surface area contributed by atoms with Crippen LogP contribution < -0.4 is 10.6 Å². The number of carbonyl (C=O) groups excluding carboxylic acids is 1. The largest absolute Gasteiger partial charge is 0.376 e. The molecule has 0 atom stereocenters. The smallest absolute Gasteiger partial charge is 0.243 e. The fourth-order valence-corrected chi connectivity index (χ4v) is 2.04. The highest BCUT2D eigenvalue weighted by atomic mass is 35.5. The molecule has 0 aliphatic heterocycles. The Balaban J connectivity index is 2.00. The van der Waals surface area contributed by atoms with E-state index in [1.54, 1.807) is 25.1 Å². The van der Waals surface area contributed by atoms with Crippen molar-refractivity contribution < 1.29 is 18.0 Å². The molecule has 2 aromatic rings. The molecule has 2 rings (SSSR count). The molecule has 7 heteroatoms. The molecular weight excluding hydrogens is 317 g/mol. The van der Waals surface area contributed by atoms with Crippen LogP contribution in [-0.4, -0.2) is 12.5 Å². The summed E-state index contributed by atoms with van der Waals surface area (Å²) in [6, 6.07) is 6.77. The van der Waals surface area contributed by atoms with Gasteiger partial charge in [0.25, 0.3) is 0 Å². The number of carbonyl (C=O) groups is 1. The number of benzene rings is 2. The Morgan fingerprint density at radius 1 is 1.09 bits per heavy atom. The molecular formula is C15H12ClF3N2O. The van der Waals surface area contributed by atoms with Crippen LogP contribution in [0, 0.1) is 24.4 Å². The van der Waals surface area contributed by atoms with E-state index in [0.717, 1.165) is 17.7 Å². The zero-order valence-corrected chi connectivity index (χ0v) is 12.3. The second-order valence-electron chi connectivity index (χ2n) is 4.58. The molecule has 2 N–H and O–H groups in total. The molecule has 0 aromatic heterocycles. The van der Waals surface area contributed by atoms with Crippen molar-refractivity contribution in [2.24, 2.45) is 0 Å². The molecule has 0 unspecified atom stereocenters. The fourth-order valence-electron chi connectivity index (χ4n) is 1.82. The topological polar surface area (TPSA) is 41.1 Å². The number of rotatable bonds is 4. The van der Waals surface area contributed by atoms with E-state index in [4.69, 9.17) is 11.6 Å². The van der Waals surface area contributed by atoms with Gasteiger partial charge in [-0.05, 0) is 42.8 Å². The lowest BCUT2D eigenvalue weighted by Crippen LogP contribution is -2.23. The van der Waals surface area contributed by atoms with Crippen LogP contribution in [0.15, 0.2) is 30.3 Å². The molecule has 0 radical (unpaired) electrons. The third-order valence-corrected chi connectivity index (χ3v) is 3.17. The minimum absolute atomic E-state index is 0.166. The van der Waals surface area contributed by atoms with Gasteiger partial charge in [-0.25, -0.2) is 13.2 Å². The van der Waals surface area contributed by atoms with E-state index >= 15 is 0 Å². The van der Waals surface area contributed by atoms with E-state index in [2.05, 4.69) is 10.6 Å². The Labute approximate surface area is 130 Å². The monoisotopic (exact) mass is 328 g/mol. The Morgan fingerprint density at radius 2 is 1.77 bits per heavy atom. The van der Waals surface area contributed by atoms with Gasteiger partial charge in [0.05, 0.1) is 12.2 Å². The first-order valence-electron chi connectivity index (χ1n) is 6.32. The van der Waals surface area contributed by atoms with Crippen LogP contribution in [0.25, 0.3) is 0 Å².